The van der Waals surface area contributed by atoms with Crippen LogP contribution in [-0.4, -0.2) is 41.1 Å². The summed E-state index contributed by atoms with van der Waals surface area (Å²) >= 11 is 2.11. The van der Waals surface area contributed by atoms with Gasteiger partial charge in [0.05, 0.1) is 0 Å². The van der Waals surface area contributed by atoms with Crippen LogP contribution in [0.3, 0.4) is 0 Å². The van der Waals surface area contributed by atoms with E-state index in [2.05, 4.69) is 30.5 Å². The first kappa shape index (κ1) is 11.7. The van der Waals surface area contributed by atoms with Crippen LogP contribution in [0, 0.1) is 5.92 Å². The topological polar surface area (TPSA) is 29.3 Å². The number of rotatable bonds is 3. The maximum Gasteiger partial charge on any atom is 0.0247 e. The number of hydrogen-bond acceptors (Lipinski definition) is 3. The van der Waals surface area contributed by atoms with Crippen molar-refractivity contribution in [3.05, 3.63) is 0 Å². The molecule has 0 bridgehead atoms. The highest BCUT2D eigenvalue weighted by molar-refractivity contribution is 8.00. The summed E-state index contributed by atoms with van der Waals surface area (Å²) in [6.07, 6.45) is 4.24. The molecule has 2 aliphatic rings. The van der Waals surface area contributed by atoms with Crippen LogP contribution in [0.5, 0.6) is 0 Å². The van der Waals surface area contributed by atoms with Gasteiger partial charge in [-0.2, -0.15) is 11.8 Å². The first-order valence-electron chi connectivity index (χ1n) is 6.20. The SMILES string of the molecule is CC1(C)CN(C(CN)C2CCC2)CCS1. The van der Waals surface area contributed by atoms with Gasteiger partial charge in [0.15, 0.2) is 0 Å². The Morgan fingerprint density at radius 3 is 2.67 bits per heavy atom. The van der Waals surface area contributed by atoms with Gasteiger partial charge in [-0.3, -0.25) is 4.90 Å². The molecule has 0 amide bonds. The summed E-state index contributed by atoms with van der Waals surface area (Å²) in [6, 6.07) is 0.666. The molecule has 0 aromatic heterocycles. The fraction of sp³-hybridized carbons (Fsp3) is 1.00. The minimum Gasteiger partial charge on any atom is -0.329 e. The summed E-state index contributed by atoms with van der Waals surface area (Å²) in [5.74, 6) is 2.17. The van der Waals surface area contributed by atoms with Crippen molar-refractivity contribution in [3.8, 4) is 0 Å². The van der Waals surface area contributed by atoms with E-state index in [4.69, 9.17) is 5.73 Å². The summed E-state index contributed by atoms with van der Waals surface area (Å²) in [5.41, 5.74) is 5.95. The molecule has 88 valence electrons. The van der Waals surface area contributed by atoms with Crippen LogP contribution in [0.25, 0.3) is 0 Å². The third-order valence-corrected chi connectivity index (χ3v) is 5.16. The van der Waals surface area contributed by atoms with E-state index in [1.54, 1.807) is 0 Å². The zero-order valence-electron chi connectivity index (χ0n) is 10.0. The summed E-state index contributed by atoms with van der Waals surface area (Å²) in [6.45, 7) is 8.03. The zero-order valence-corrected chi connectivity index (χ0v) is 10.9. The number of hydrogen-bond donors (Lipinski definition) is 1. The Kier molecular flexibility index (Phi) is 3.63. The maximum atomic E-state index is 5.95. The lowest BCUT2D eigenvalue weighted by molar-refractivity contribution is 0.0961. The average molecular weight is 228 g/mol. The van der Waals surface area contributed by atoms with Gasteiger partial charge in [-0.1, -0.05) is 6.42 Å². The normalized spacial score (nSPS) is 29.8. The second-order valence-electron chi connectivity index (χ2n) is 5.57. The van der Waals surface area contributed by atoms with Gasteiger partial charge in [-0.15, -0.1) is 0 Å². The first-order chi connectivity index (χ1) is 7.12. The third kappa shape index (κ3) is 2.69. The Hall–Kier alpha value is 0.270. The highest BCUT2D eigenvalue weighted by Gasteiger charge is 2.35. The Morgan fingerprint density at radius 1 is 1.47 bits per heavy atom. The molecule has 0 aromatic rings. The maximum absolute atomic E-state index is 5.95. The molecular weight excluding hydrogens is 204 g/mol. The molecule has 1 saturated carbocycles. The van der Waals surface area contributed by atoms with E-state index in [1.165, 1.54) is 38.1 Å². The molecule has 1 heterocycles. The second-order valence-corrected chi connectivity index (χ2v) is 7.37. The van der Waals surface area contributed by atoms with Crippen molar-refractivity contribution in [1.82, 2.24) is 4.90 Å². The Bertz CT molecular complexity index is 214. The van der Waals surface area contributed by atoms with E-state index in [-0.39, 0.29) is 0 Å². The highest BCUT2D eigenvalue weighted by Crippen LogP contribution is 2.36. The van der Waals surface area contributed by atoms with Gasteiger partial charge >= 0.3 is 0 Å². The molecule has 0 radical (unpaired) electrons. The summed E-state index contributed by atoms with van der Waals surface area (Å²) in [5, 5.41) is 0. The smallest absolute Gasteiger partial charge is 0.0247 e. The minimum atomic E-state index is 0.426. The number of nitrogens with two attached hydrogens (primary N) is 1. The minimum absolute atomic E-state index is 0.426. The van der Waals surface area contributed by atoms with Gasteiger partial charge in [-0.05, 0) is 32.6 Å². The summed E-state index contributed by atoms with van der Waals surface area (Å²) in [7, 11) is 0. The Morgan fingerprint density at radius 2 is 2.20 bits per heavy atom. The van der Waals surface area contributed by atoms with Crippen molar-refractivity contribution in [1.29, 1.82) is 0 Å². The van der Waals surface area contributed by atoms with Crippen molar-refractivity contribution in [3.63, 3.8) is 0 Å². The van der Waals surface area contributed by atoms with Crippen molar-refractivity contribution in [2.45, 2.75) is 43.9 Å². The van der Waals surface area contributed by atoms with Crippen molar-refractivity contribution < 1.29 is 0 Å². The highest BCUT2D eigenvalue weighted by atomic mass is 32.2. The van der Waals surface area contributed by atoms with Crippen LogP contribution in [0.2, 0.25) is 0 Å². The molecule has 2 fully saturated rings. The van der Waals surface area contributed by atoms with Gasteiger partial charge in [0.2, 0.25) is 0 Å². The first-order valence-corrected chi connectivity index (χ1v) is 7.19. The molecule has 0 spiro atoms. The lowest BCUT2D eigenvalue weighted by Gasteiger charge is -2.46. The number of thioether (sulfide) groups is 1. The standard InChI is InChI=1S/C12H24N2S/c1-12(2)9-14(6-7-15-12)11(8-13)10-4-3-5-10/h10-11H,3-9,13H2,1-2H3. The Balaban J connectivity index is 1.94. The molecule has 1 aliphatic carbocycles. The molecule has 15 heavy (non-hydrogen) atoms. The van der Waals surface area contributed by atoms with Crippen LogP contribution in [-0.2, 0) is 0 Å². The summed E-state index contributed by atoms with van der Waals surface area (Å²) < 4.78 is 0.426. The monoisotopic (exact) mass is 228 g/mol. The fourth-order valence-corrected chi connectivity index (χ4v) is 3.94. The molecule has 3 heteroatoms. The largest absolute Gasteiger partial charge is 0.329 e. The quantitative estimate of drug-likeness (QED) is 0.800. The van der Waals surface area contributed by atoms with Gasteiger partial charge in [0, 0.05) is 36.2 Å². The van der Waals surface area contributed by atoms with Gasteiger partial charge in [0.1, 0.15) is 0 Å². The van der Waals surface area contributed by atoms with E-state index < -0.39 is 0 Å². The zero-order chi connectivity index (χ0) is 10.9. The van der Waals surface area contributed by atoms with Crippen LogP contribution < -0.4 is 5.73 Å². The Labute approximate surface area is 98.0 Å². The van der Waals surface area contributed by atoms with Gasteiger partial charge in [-0.25, -0.2) is 0 Å². The van der Waals surface area contributed by atoms with Crippen LogP contribution in [0.4, 0.5) is 0 Å². The average Bonchev–Trinajstić information content (AvgIpc) is 2.09. The van der Waals surface area contributed by atoms with E-state index in [0.717, 1.165) is 12.5 Å². The van der Waals surface area contributed by atoms with E-state index >= 15 is 0 Å². The molecule has 1 atom stereocenters. The third-order valence-electron chi connectivity index (χ3n) is 3.86. The van der Waals surface area contributed by atoms with Gasteiger partial charge in [0.25, 0.3) is 0 Å². The molecule has 1 unspecified atom stereocenters. The molecule has 2 N–H and O–H groups in total. The van der Waals surface area contributed by atoms with E-state index in [1.807, 2.05) is 0 Å². The molecule has 1 aliphatic heterocycles. The fourth-order valence-electron chi connectivity index (χ4n) is 2.80. The second kappa shape index (κ2) is 4.64. The van der Waals surface area contributed by atoms with E-state index in [9.17, 15) is 0 Å². The predicted octanol–water partition coefficient (Wildman–Crippen LogP) is 1.94. The van der Waals surface area contributed by atoms with Crippen molar-refractivity contribution >= 4 is 11.8 Å². The van der Waals surface area contributed by atoms with Crippen LogP contribution in [0.15, 0.2) is 0 Å². The van der Waals surface area contributed by atoms with Crippen molar-refractivity contribution in [2.75, 3.05) is 25.4 Å². The van der Waals surface area contributed by atoms with Crippen LogP contribution >= 0.6 is 11.8 Å². The molecule has 2 nitrogen and oxygen atoms in total. The van der Waals surface area contributed by atoms with E-state index in [0.29, 0.717) is 10.8 Å². The van der Waals surface area contributed by atoms with Gasteiger partial charge < -0.3 is 5.73 Å². The molecule has 2 rings (SSSR count). The number of nitrogens with zero attached hydrogens (tertiary/aromatic N) is 1. The van der Waals surface area contributed by atoms with Crippen LogP contribution in [0.1, 0.15) is 33.1 Å². The lowest BCUT2D eigenvalue weighted by Crippen LogP contribution is -2.54. The molecule has 0 aromatic carbocycles. The van der Waals surface area contributed by atoms with Crippen molar-refractivity contribution in [2.24, 2.45) is 11.7 Å². The summed E-state index contributed by atoms with van der Waals surface area (Å²) in [4.78, 5) is 2.65. The molecular formula is C12H24N2S. The predicted molar refractivity (Wildman–Crippen MR) is 68.3 cm³/mol. The lowest BCUT2D eigenvalue weighted by atomic mass is 9.79. The molecule has 1 saturated heterocycles.